The highest BCUT2D eigenvalue weighted by molar-refractivity contribution is 7.94. The smallest absolute Gasteiger partial charge is 0.258 e. The van der Waals surface area contributed by atoms with E-state index in [0.29, 0.717) is 25.7 Å². The van der Waals surface area contributed by atoms with Crippen molar-refractivity contribution in [2.75, 3.05) is 6.54 Å². The second-order valence-electron chi connectivity index (χ2n) is 4.77. The lowest BCUT2D eigenvalue weighted by molar-refractivity contribution is -0.132. The number of nitrogens with two attached hydrogens (primary N) is 1. The van der Waals surface area contributed by atoms with Gasteiger partial charge in [0.2, 0.25) is 5.91 Å². The molecule has 1 fully saturated rings. The average molecular weight is 277 g/mol. The van der Waals surface area contributed by atoms with Crippen molar-refractivity contribution in [3.8, 4) is 0 Å². The van der Waals surface area contributed by atoms with Crippen LogP contribution in [0.4, 0.5) is 0 Å². The molecule has 0 bridgehead atoms. The standard InChI is InChI=1S/C10H19N3O4S/c1-10(2)9(15)13(18(10,16)17)7-5-3-4-6-8(14)12-11/h3-7,11H2,1-2H3,(H,12,14). The molecule has 0 aromatic carbocycles. The second-order valence-corrected chi connectivity index (χ2v) is 7.18. The maximum Gasteiger partial charge on any atom is 0.258 e. The van der Waals surface area contributed by atoms with Crippen molar-refractivity contribution in [1.29, 1.82) is 0 Å². The van der Waals surface area contributed by atoms with Gasteiger partial charge in [-0.05, 0) is 26.7 Å². The van der Waals surface area contributed by atoms with Gasteiger partial charge in [0.15, 0.2) is 4.75 Å². The Morgan fingerprint density at radius 2 is 1.94 bits per heavy atom. The molecule has 0 saturated carbocycles. The lowest BCUT2D eigenvalue weighted by atomic mass is 10.1. The molecule has 7 nitrogen and oxygen atoms in total. The monoisotopic (exact) mass is 277 g/mol. The molecule has 1 heterocycles. The summed E-state index contributed by atoms with van der Waals surface area (Å²) in [5.74, 6) is 4.31. The Bertz CT molecular complexity index is 444. The lowest BCUT2D eigenvalue weighted by Gasteiger charge is -2.43. The molecule has 0 spiro atoms. The average Bonchev–Trinajstić information content (AvgIpc) is 2.31. The molecule has 0 aliphatic carbocycles. The summed E-state index contributed by atoms with van der Waals surface area (Å²) < 4.78 is 23.1. The summed E-state index contributed by atoms with van der Waals surface area (Å²) in [6, 6.07) is 0. The van der Waals surface area contributed by atoms with Crippen LogP contribution in [0, 0.1) is 0 Å². The highest BCUT2D eigenvalue weighted by Crippen LogP contribution is 2.34. The molecule has 0 unspecified atom stereocenters. The van der Waals surface area contributed by atoms with Crippen LogP contribution < -0.4 is 11.3 Å². The fraction of sp³-hybridized carbons (Fsp3) is 0.800. The number of amides is 2. The van der Waals surface area contributed by atoms with Crippen molar-refractivity contribution in [1.82, 2.24) is 9.73 Å². The number of carbonyl (C=O) groups is 2. The van der Waals surface area contributed by atoms with Gasteiger partial charge in [0.1, 0.15) is 0 Å². The van der Waals surface area contributed by atoms with Crippen LogP contribution in [0.3, 0.4) is 0 Å². The van der Waals surface area contributed by atoms with Crippen LogP contribution in [-0.2, 0) is 19.6 Å². The van der Waals surface area contributed by atoms with E-state index < -0.39 is 14.8 Å². The molecule has 2 amide bonds. The Hall–Kier alpha value is -1.15. The van der Waals surface area contributed by atoms with Gasteiger partial charge in [-0.3, -0.25) is 15.0 Å². The number of nitrogens with one attached hydrogen (secondary N) is 1. The van der Waals surface area contributed by atoms with Gasteiger partial charge < -0.3 is 0 Å². The molecule has 1 saturated heterocycles. The van der Waals surface area contributed by atoms with E-state index in [-0.39, 0.29) is 18.4 Å². The number of nitrogens with zero attached hydrogens (tertiary/aromatic N) is 1. The van der Waals surface area contributed by atoms with E-state index in [1.807, 2.05) is 5.43 Å². The first-order chi connectivity index (χ1) is 8.25. The van der Waals surface area contributed by atoms with E-state index in [9.17, 15) is 18.0 Å². The molecular formula is C10H19N3O4S. The maximum atomic E-state index is 11.7. The van der Waals surface area contributed by atoms with Gasteiger partial charge in [0.05, 0.1) is 0 Å². The van der Waals surface area contributed by atoms with E-state index in [1.165, 1.54) is 13.8 Å². The third-order valence-corrected chi connectivity index (χ3v) is 5.50. The van der Waals surface area contributed by atoms with Crippen LogP contribution in [0.25, 0.3) is 0 Å². The van der Waals surface area contributed by atoms with Crippen LogP contribution in [0.2, 0.25) is 0 Å². The van der Waals surface area contributed by atoms with Crippen molar-refractivity contribution in [3.63, 3.8) is 0 Å². The van der Waals surface area contributed by atoms with Gasteiger partial charge in [0.25, 0.3) is 15.9 Å². The Labute approximate surface area is 107 Å². The first-order valence-corrected chi connectivity index (χ1v) is 7.25. The van der Waals surface area contributed by atoms with E-state index in [0.717, 1.165) is 4.31 Å². The molecule has 104 valence electrons. The largest absolute Gasteiger partial charge is 0.294 e. The van der Waals surface area contributed by atoms with Gasteiger partial charge >= 0.3 is 0 Å². The molecule has 0 radical (unpaired) electrons. The number of hydrogen-bond donors (Lipinski definition) is 2. The second kappa shape index (κ2) is 5.23. The molecule has 1 rings (SSSR count). The summed E-state index contributed by atoms with van der Waals surface area (Å²) in [6.45, 7) is 3.01. The number of hydrogen-bond acceptors (Lipinski definition) is 5. The predicted molar refractivity (Wildman–Crippen MR) is 65.5 cm³/mol. The van der Waals surface area contributed by atoms with Crippen LogP contribution >= 0.6 is 0 Å². The summed E-state index contributed by atoms with van der Waals surface area (Å²) in [4.78, 5) is 22.4. The Morgan fingerprint density at radius 3 is 2.44 bits per heavy atom. The molecule has 18 heavy (non-hydrogen) atoms. The van der Waals surface area contributed by atoms with E-state index in [1.54, 1.807) is 0 Å². The molecular weight excluding hydrogens is 258 g/mol. The maximum absolute atomic E-state index is 11.7. The summed E-state index contributed by atoms with van der Waals surface area (Å²) in [5, 5.41) is 0. The Kier molecular flexibility index (Phi) is 4.33. The lowest BCUT2D eigenvalue weighted by Crippen LogP contribution is -2.67. The fourth-order valence-corrected chi connectivity index (χ4v) is 3.33. The van der Waals surface area contributed by atoms with Crippen LogP contribution in [0.15, 0.2) is 0 Å². The van der Waals surface area contributed by atoms with Gasteiger partial charge in [0, 0.05) is 13.0 Å². The molecule has 3 N–H and O–H groups in total. The zero-order chi connectivity index (χ0) is 14.0. The van der Waals surface area contributed by atoms with Crippen molar-refractivity contribution >= 4 is 21.8 Å². The minimum atomic E-state index is -3.47. The zero-order valence-electron chi connectivity index (χ0n) is 10.6. The normalized spacial score (nSPS) is 20.4. The molecule has 8 heteroatoms. The van der Waals surface area contributed by atoms with Crippen molar-refractivity contribution in [2.45, 2.75) is 44.3 Å². The molecule has 1 aliphatic rings. The predicted octanol–water partition coefficient (Wildman–Crippen LogP) is -0.513. The first kappa shape index (κ1) is 14.9. The summed E-state index contributed by atoms with van der Waals surface area (Å²) in [5.41, 5.74) is 2.02. The summed E-state index contributed by atoms with van der Waals surface area (Å²) in [6.07, 6.45) is 2.16. The number of sulfonamides is 1. The molecule has 1 aliphatic heterocycles. The third kappa shape index (κ3) is 2.49. The van der Waals surface area contributed by atoms with Crippen molar-refractivity contribution in [2.24, 2.45) is 5.84 Å². The van der Waals surface area contributed by atoms with Gasteiger partial charge in [-0.2, -0.15) is 0 Å². The molecule has 0 aromatic heterocycles. The van der Waals surface area contributed by atoms with Crippen LogP contribution in [0.1, 0.15) is 39.5 Å². The van der Waals surface area contributed by atoms with Gasteiger partial charge in [-0.1, -0.05) is 6.42 Å². The van der Waals surface area contributed by atoms with Crippen molar-refractivity contribution < 1.29 is 18.0 Å². The highest BCUT2D eigenvalue weighted by atomic mass is 32.2. The van der Waals surface area contributed by atoms with E-state index in [4.69, 9.17) is 5.84 Å². The van der Waals surface area contributed by atoms with Crippen LogP contribution in [0.5, 0.6) is 0 Å². The number of carbonyl (C=O) groups excluding carboxylic acids is 2. The topological polar surface area (TPSA) is 110 Å². The summed E-state index contributed by atoms with van der Waals surface area (Å²) >= 11 is 0. The third-order valence-electron chi connectivity index (χ3n) is 3.10. The van der Waals surface area contributed by atoms with Crippen molar-refractivity contribution in [3.05, 3.63) is 0 Å². The van der Waals surface area contributed by atoms with Crippen LogP contribution in [-0.4, -0.2) is 35.8 Å². The van der Waals surface area contributed by atoms with E-state index >= 15 is 0 Å². The fourth-order valence-electron chi connectivity index (χ4n) is 1.77. The molecule has 0 aromatic rings. The molecule has 0 atom stereocenters. The minimum absolute atomic E-state index is 0.189. The SMILES string of the molecule is CC1(C)C(=O)N(CCCCCC(=O)NN)S1(=O)=O. The Morgan fingerprint density at radius 1 is 1.33 bits per heavy atom. The van der Waals surface area contributed by atoms with Gasteiger partial charge in [-0.25, -0.2) is 18.6 Å². The highest BCUT2D eigenvalue weighted by Gasteiger charge is 2.59. The number of rotatable bonds is 6. The summed E-state index contributed by atoms with van der Waals surface area (Å²) in [7, 11) is -3.47. The van der Waals surface area contributed by atoms with E-state index in [2.05, 4.69) is 0 Å². The zero-order valence-corrected chi connectivity index (χ0v) is 11.4. The Balaban J connectivity index is 2.30. The number of unbranched alkanes of at least 4 members (excludes halogenated alkanes) is 2. The van der Waals surface area contributed by atoms with Gasteiger partial charge in [-0.15, -0.1) is 0 Å². The minimum Gasteiger partial charge on any atom is -0.294 e. The first-order valence-electron chi connectivity index (χ1n) is 5.81. The number of hydrazine groups is 1. The quantitative estimate of drug-likeness (QED) is 0.294.